The standard InChI is InChI=1S/C22H24N6O3S/c1-14-19(12-24-21-20(14)23-8-10-31-21)28-9-7-15-11-25-22(27-18(15)13-28)26-16-3-5-17(6-4-16)32(2,29)30/h3-6,11-12,23H,7-10,13H2,1-2H3,(H,25,26,27). The maximum absolute atomic E-state index is 11.6. The monoisotopic (exact) mass is 452 g/mol. The van der Waals surface area contributed by atoms with Crippen molar-refractivity contribution in [3.63, 3.8) is 0 Å². The van der Waals surface area contributed by atoms with Crippen LogP contribution in [0.15, 0.2) is 41.6 Å². The van der Waals surface area contributed by atoms with Crippen molar-refractivity contribution in [2.75, 3.05) is 41.5 Å². The van der Waals surface area contributed by atoms with Crippen LogP contribution in [0.25, 0.3) is 0 Å². The molecule has 0 aliphatic carbocycles. The average molecular weight is 453 g/mol. The SMILES string of the molecule is Cc1c(N2CCc3cnc(Nc4ccc(S(C)(=O)=O)cc4)nc3C2)cnc2c1NCCO2. The summed E-state index contributed by atoms with van der Waals surface area (Å²) in [4.78, 5) is 16.2. The first-order chi connectivity index (χ1) is 15.4. The molecule has 0 fully saturated rings. The minimum Gasteiger partial charge on any atom is -0.474 e. The van der Waals surface area contributed by atoms with E-state index in [0.29, 0.717) is 25.0 Å². The molecule has 9 nitrogen and oxygen atoms in total. The lowest BCUT2D eigenvalue weighted by Crippen LogP contribution is -2.32. The summed E-state index contributed by atoms with van der Waals surface area (Å²) in [6, 6.07) is 6.56. The van der Waals surface area contributed by atoms with Crippen molar-refractivity contribution in [1.82, 2.24) is 15.0 Å². The fraction of sp³-hybridized carbons (Fsp3) is 0.318. The Morgan fingerprint density at radius 3 is 2.75 bits per heavy atom. The van der Waals surface area contributed by atoms with Gasteiger partial charge in [-0.2, -0.15) is 0 Å². The van der Waals surface area contributed by atoms with Gasteiger partial charge < -0.3 is 20.3 Å². The molecule has 0 atom stereocenters. The number of nitrogens with zero attached hydrogens (tertiary/aromatic N) is 4. The van der Waals surface area contributed by atoms with Crippen LogP contribution in [0.5, 0.6) is 5.88 Å². The van der Waals surface area contributed by atoms with Crippen LogP contribution >= 0.6 is 0 Å². The van der Waals surface area contributed by atoms with Crippen molar-refractivity contribution in [3.8, 4) is 5.88 Å². The molecule has 32 heavy (non-hydrogen) atoms. The van der Waals surface area contributed by atoms with E-state index in [-0.39, 0.29) is 4.90 Å². The number of nitrogens with one attached hydrogen (secondary N) is 2. The number of rotatable bonds is 4. The van der Waals surface area contributed by atoms with E-state index in [1.807, 2.05) is 12.4 Å². The van der Waals surface area contributed by atoms with Gasteiger partial charge in [0.05, 0.1) is 29.0 Å². The van der Waals surface area contributed by atoms with Crippen molar-refractivity contribution in [2.24, 2.45) is 0 Å². The number of hydrogen-bond donors (Lipinski definition) is 2. The van der Waals surface area contributed by atoms with Crippen molar-refractivity contribution in [3.05, 3.63) is 53.5 Å². The first-order valence-electron chi connectivity index (χ1n) is 10.4. The number of benzene rings is 1. The third-order valence-corrected chi connectivity index (χ3v) is 6.87. The Balaban J connectivity index is 1.37. The van der Waals surface area contributed by atoms with E-state index in [4.69, 9.17) is 9.72 Å². The molecule has 0 spiro atoms. The molecular formula is C22H24N6O3S. The molecule has 2 aliphatic rings. The molecule has 10 heteroatoms. The largest absolute Gasteiger partial charge is 0.474 e. The lowest BCUT2D eigenvalue weighted by molar-refractivity contribution is 0.310. The van der Waals surface area contributed by atoms with Crippen LogP contribution in [-0.4, -0.2) is 49.3 Å². The Kier molecular flexibility index (Phi) is 5.09. The maximum Gasteiger partial charge on any atom is 0.237 e. The van der Waals surface area contributed by atoms with Crippen LogP contribution in [-0.2, 0) is 22.8 Å². The highest BCUT2D eigenvalue weighted by atomic mass is 32.2. The van der Waals surface area contributed by atoms with E-state index in [2.05, 4.69) is 32.4 Å². The Morgan fingerprint density at radius 2 is 1.97 bits per heavy atom. The van der Waals surface area contributed by atoms with E-state index < -0.39 is 9.84 Å². The first-order valence-corrected chi connectivity index (χ1v) is 12.3. The Labute approximate surface area is 186 Å². The zero-order chi connectivity index (χ0) is 22.3. The minimum absolute atomic E-state index is 0.277. The summed E-state index contributed by atoms with van der Waals surface area (Å²) in [6.07, 6.45) is 5.77. The molecule has 0 unspecified atom stereocenters. The zero-order valence-electron chi connectivity index (χ0n) is 17.9. The summed E-state index contributed by atoms with van der Waals surface area (Å²) < 4.78 is 28.9. The Hall–Kier alpha value is -3.40. The van der Waals surface area contributed by atoms with Gasteiger partial charge in [0.2, 0.25) is 11.8 Å². The van der Waals surface area contributed by atoms with Crippen molar-refractivity contribution in [2.45, 2.75) is 24.8 Å². The number of anilines is 4. The second kappa shape index (κ2) is 7.94. The third kappa shape index (κ3) is 3.93. The average Bonchev–Trinajstić information content (AvgIpc) is 2.79. The fourth-order valence-electron chi connectivity index (χ4n) is 4.01. The van der Waals surface area contributed by atoms with Crippen molar-refractivity contribution in [1.29, 1.82) is 0 Å². The van der Waals surface area contributed by atoms with Gasteiger partial charge in [-0.15, -0.1) is 0 Å². The summed E-state index contributed by atoms with van der Waals surface area (Å²) in [7, 11) is -3.23. The molecule has 0 bridgehead atoms. The van der Waals surface area contributed by atoms with E-state index >= 15 is 0 Å². The van der Waals surface area contributed by atoms with Crippen molar-refractivity contribution < 1.29 is 13.2 Å². The Bertz CT molecular complexity index is 1280. The molecular weight excluding hydrogens is 428 g/mol. The summed E-state index contributed by atoms with van der Waals surface area (Å²) in [5.41, 5.74) is 5.97. The van der Waals surface area contributed by atoms with Gasteiger partial charge in [0, 0.05) is 36.8 Å². The van der Waals surface area contributed by atoms with Crippen LogP contribution in [0.3, 0.4) is 0 Å². The summed E-state index contributed by atoms with van der Waals surface area (Å²) in [5.74, 6) is 1.14. The quantitative estimate of drug-likeness (QED) is 0.617. The number of fused-ring (bicyclic) bond motifs is 2. The second-order valence-corrected chi connectivity index (χ2v) is 10.00. The number of aromatic nitrogens is 3. The van der Waals surface area contributed by atoms with E-state index in [9.17, 15) is 8.42 Å². The molecule has 3 aromatic rings. The number of pyridine rings is 1. The van der Waals surface area contributed by atoms with Gasteiger partial charge in [0.15, 0.2) is 9.84 Å². The smallest absolute Gasteiger partial charge is 0.237 e. The van der Waals surface area contributed by atoms with Gasteiger partial charge in [-0.3, -0.25) is 0 Å². The van der Waals surface area contributed by atoms with Crippen LogP contribution in [0, 0.1) is 6.92 Å². The maximum atomic E-state index is 11.6. The van der Waals surface area contributed by atoms with Crippen LogP contribution in [0.4, 0.5) is 23.0 Å². The number of ether oxygens (including phenoxy) is 1. The molecule has 166 valence electrons. The highest BCUT2D eigenvalue weighted by molar-refractivity contribution is 7.90. The lowest BCUT2D eigenvalue weighted by Gasteiger charge is -2.32. The molecule has 2 N–H and O–H groups in total. The molecule has 4 heterocycles. The lowest BCUT2D eigenvalue weighted by atomic mass is 10.0. The molecule has 0 radical (unpaired) electrons. The van der Waals surface area contributed by atoms with Crippen LogP contribution in [0.2, 0.25) is 0 Å². The molecule has 0 amide bonds. The number of sulfone groups is 1. The van der Waals surface area contributed by atoms with E-state index in [0.717, 1.165) is 53.4 Å². The molecule has 2 aliphatic heterocycles. The molecule has 1 aromatic carbocycles. The molecule has 0 saturated heterocycles. The topological polar surface area (TPSA) is 109 Å². The normalized spacial score (nSPS) is 15.2. The van der Waals surface area contributed by atoms with Gasteiger partial charge in [-0.1, -0.05) is 0 Å². The van der Waals surface area contributed by atoms with E-state index in [1.54, 1.807) is 24.3 Å². The molecule has 2 aromatic heterocycles. The summed E-state index contributed by atoms with van der Waals surface area (Å²) >= 11 is 0. The first kappa shape index (κ1) is 20.5. The van der Waals surface area contributed by atoms with Gasteiger partial charge in [-0.25, -0.2) is 23.4 Å². The fourth-order valence-corrected chi connectivity index (χ4v) is 4.64. The van der Waals surface area contributed by atoms with Gasteiger partial charge in [0.25, 0.3) is 0 Å². The second-order valence-electron chi connectivity index (χ2n) is 7.98. The molecule has 5 rings (SSSR count). The zero-order valence-corrected chi connectivity index (χ0v) is 18.7. The summed E-state index contributed by atoms with van der Waals surface area (Å²) in [5, 5.41) is 6.56. The highest BCUT2D eigenvalue weighted by Crippen LogP contribution is 2.36. The van der Waals surface area contributed by atoms with Crippen LogP contribution < -0.4 is 20.3 Å². The van der Waals surface area contributed by atoms with Gasteiger partial charge >= 0.3 is 0 Å². The predicted octanol–water partition coefficient (Wildman–Crippen LogP) is 2.69. The predicted molar refractivity (Wildman–Crippen MR) is 123 cm³/mol. The highest BCUT2D eigenvalue weighted by Gasteiger charge is 2.24. The summed E-state index contributed by atoms with van der Waals surface area (Å²) in [6.45, 7) is 4.99. The van der Waals surface area contributed by atoms with Gasteiger partial charge in [0.1, 0.15) is 12.3 Å². The Morgan fingerprint density at radius 1 is 1.16 bits per heavy atom. The third-order valence-electron chi connectivity index (χ3n) is 5.74. The van der Waals surface area contributed by atoms with Crippen LogP contribution in [0.1, 0.15) is 16.8 Å². The number of hydrogen-bond acceptors (Lipinski definition) is 9. The van der Waals surface area contributed by atoms with Gasteiger partial charge in [-0.05, 0) is 43.2 Å². The molecule has 0 saturated carbocycles. The van der Waals surface area contributed by atoms with E-state index in [1.165, 1.54) is 6.26 Å². The van der Waals surface area contributed by atoms with Crippen molar-refractivity contribution >= 4 is 32.8 Å². The minimum atomic E-state index is -3.23.